The highest BCUT2D eigenvalue weighted by molar-refractivity contribution is 9.10. The highest BCUT2D eigenvalue weighted by Gasteiger charge is 2.41. The fourth-order valence-electron chi connectivity index (χ4n) is 3.66. The van der Waals surface area contributed by atoms with Crippen LogP contribution in [0.3, 0.4) is 0 Å². The monoisotopic (exact) mass is 338 g/mol. The lowest BCUT2D eigenvalue weighted by atomic mass is 9.92. The van der Waals surface area contributed by atoms with E-state index in [0.717, 1.165) is 31.9 Å². The van der Waals surface area contributed by atoms with Crippen molar-refractivity contribution in [3.63, 3.8) is 0 Å². The highest BCUT2D eigenvalue weighted by Crippen LogP contribution is 2.37. The van der Waals surface area contributed by atoms with Crippen LogP contribution in [0.5, 0.6) is 5.75 Å². The summed E-state index contributed by atoms with van der Waals surface area (Å²) in [6.45, 7) is 4.40. The van der Waals surface area contributed by atoms with E-state index in [0.29, 0.717) is 5.54 Å². The molecule has 4 heteroatoms. The Morgan fingerprint density at radius 3 is 2.90 bits per heavy atom. The molecule has 1 aliphatic carbocycles. The third-order valence-electron chi connectivity index (χ3n) is 4.83. The minimum absolute atomic E-state index is 0.390. The Hall–Kier alpha value is -0.580. The Morgan fingerprint density at radius 1 is 1.35 bits per heavy atom. The standard InChI is InChI=1S/C16H23BrN2O/c1-20-14-4-5-15(17)13(10-14)11-19-9-8-18-12-16(19)6-2-3-7-16/h4-5,10,18H,2-3,6-9,11-12H2,1H3. The van der Waals surface area contributed by atoms with Gasteiger partial charge in [0.2, 0.25) is 0 Å². The van der Waals surface area contributed by atoms with Gasteiger partial charge >= 0.3 is 0 Å². The molecule has 0 aromatic heterocycles. The minimum Gasteiger partial charge on any atom is -0.497 e. The number of halogens is 1. The summed E-state index contributed by atoms with van der Waals surface area (Å²) in [5, 5.41) is 3.59. The molecule has 0 bridgehead atoms. The van der Waals surface area contributed by atoms with Crippen LogP contribution < -0.4 is 10.1 Å². The zero-order valence-electron chi connectivity index (χ0n) is 12.1. The second-order valence-corrected chi connectivity index (χ2v) is 6.84. The van der Waals surface area contributed by atoms with Crippen molar-refractivity contribution in [3.8, 4) is 5.75 Å². The molecule has 2 aliphatic rings. The zero-order chi connectivity index (χ0) is 14.0. The van der Waals surface area contributed by atoms with Crippen molar-refractivity contribution in [1.82, 2.24) is 10.2 Å². The van der Waals surface area contributed by atoms with Crippen molar-refractivity contribution in [1.29, 1.82) is 0 Å². The predicted molar refractivity (Wildman–Crippen MR) is 85.2 cm³/mol. The molecule has 0 unspecified atom stereocenters. The average Bonchev–Trinajstić information content (AvgIpc) is 2.93. The normalized spacial score (nSPS) is 22.3. The molecule has 0 amide bonds. The molecule has 1 saturated carbocycles. The largest absolute Gasteiger partial charge is 0.497 e. The Balaban J connectivity index is 1.81. The zero-order valence-corrected chi connectivity index (χ0v) is 13.7. The summed E-state index contributed by atoms with van der Waals surface area (Å²) in [5.41, 5.74) is 1.72. The second-order valence-electron chi connectivity index (χ2n) is 5.99. The number of rotatable bonds is 3. The van der Waals surface area contributed by atoms with Gasteiger partial charge in [0.1, 0.15) is 5.75 Å². The van der Waals surface area contributed by atoms with Crippen LogP contribution in [0.1, 0.15) is 31.2 Å². The quantitative estimate of drug-likeness (QED) is 0.915. The topological polar surface area (TPSA) is 24.5 Å². The van der Waals surface area contributed by atoms with Gasteiger partial charge in [0.25, 0.3) is 0 Å². The lowest BCUT2D eigenvalue weighted by molar-refractivity contribution is 0.0570. The molecule has 3 rings (SSSR count). The Kier molecular flexibility index (Phi) is 4.34. The molecular formula is C16H23BrN2O. The van der Waals surface area contributed by atoms with E-state index >= 15 is 0 Å². The van der Waals surface area contributed by atoms with E-state index in [9.17, 15) is 0 Å². The first kappa shape index (κ1) is 14.4. The van der Waals surface area contributed by atoms with Gasteiger partial charge in [0.05, 0.1) is 7.11 Å². The molecule has 0 atom stereocenters. The summed E-state index contributed by atoms with van der Waals surface area (Å²) in [6.07, 6.45) is 5.41. The number of methoxy groups -OCH3 is 1. The maximum atomic E-state index is 5.36. The van der Waals surface area contributed by atoms with Crippen LogP contribution in [-0.4, -0.2) is 37.2 Å². The smallest absolute Gasteiger partial charge is 0.119 e. The third-order valence-corrected chi connectivity index (χ3v) is 5.61. The highest BCUT2D eigenvalue weighted by atomic mass is 79.9. The van der Waals surface area contributed by atoms with Crippen molar-refractivity contribution in [2.45, 2.75) is 37.8 Å². The molecule has 1 heterocycles. The molecule has 1 spiro atoms. The molecule has 20 heavy (non-hydrogen) atoms. The van der Waals surface area contributed by atoms with Gasteiger partial charge in [0.15, 0.2) is 0 Å². The van der Waals surface area contributed by atoms with E-state index < -0.39 is 0 Å². The molecular weight excluding hydrogens is 316 g/mol. The van der Waals surface area contributed by atoms with Crippen LogP contribution in [0.4, 0.5) is 0 Å². The molecule has 1 N–H and O–H groups in total. The van der Waals surface area contributed by atoms with Crippen LogP contribution in [0.2, 0.25) is 0 Å². The maximum Gasteiger partial charge on any atom is 0.119 e. The number of hydrogen-bond acceptors (Lipinski definition) is 3. The van der Waals surface area contributed by atoms with Crippen molar-refractivity contribution in [3.05, 3.63) is 28.2 Å². The second kappa shape index (κ2) is 6.04. The van der Waals surface area contributed by atoms with E-state index in [4.69, 9.17) is 4.74 Å². The van der Waals surface area contributed by atoms with Crippen molar-refractivity contribution in [2.75, 3.05) is 26.7 Å². The number of nitrogens with zero attached hydrogens (tertiary/aromatic N) is 1. The first-order chi connectivity index (χ1) is 9.73. The molecule has 1 saturated heterocycles. The number of hydrogen-bond donors (Lipinski definition) is 1. The predicted octanol–water partition coefficient (Wildman–Crippen LogP) is 3.18. The lowest BCUT2D eigenvalue weighted by Crippen LogP contribution is -2.59. The lowest BCUT2D eigenvalue weighted by Gasteiger charge is -2.45. The molecule has 3 nitrogen and oxygen atoms in total. The van der Waals surface area contributed by atoms with E-state index in [1.807, 2.05) is 6.07 Å². The summed E-state index contributed by atoms with van der Waals surface area (Å²) in [4.78, 5) is 2.69. The fourth-order valence-corrected chi connectivity index (χ4v) is 4.03. The van der Waals surface area contributed by atoms with Gasteiger partial charge in [-0.3, -0.25) is 4.90 Å². The molecule has 1 aromatic rings. The van der Waals surface area contributed by atoms with Crippen LogP contribution in [0.25, 0.3) is 0 Å². The number of nitrogens with one attached hydrogen (secondary N) is 1. The van der Waals surface area contributed by atoms with E-state index in [1.165, 1.54) is 35.7 Å². The fraction of sp³-hybridized carbons (Fsp3) is 0.625. The first-order valence-electron chi connectivity index (χ1n) is 7.52. The van der Waals surface area contributed by atoms with Gasteiger partial charge in [0, 0.05) is 36.2 Å². The summed E-state index contributed by atoms with van der Waals surface area (Å²) < 4.78 is 6.55. The molecule has 110 valence electrons. The van der Waals surface area contributed by atoms with Gasteiger partial charge in [-0.25, -0.2) is 0 Å². The van der Waals surface area contributed by atoms with E-state index in [1.54, 1.807) is 7.11 Å². The van der Waals surface area contributed by atoms with Crippen LogP contribution in [0.15, 0.2) is 22.7 Å². The van der Waals surface area contributed by atoms with Crippen LogP contribution in [0, 0.1) is 0 Å². The number of benzene rings is 1. The molecule has 0 radical (unpaired) electrons. The Bertz CT molecular complexity index is 472. The van der Waals surface area contributed by atoms with Gasteiger partial charge in [-0.05, 0) is 36.6 Å². The van der Waals surface area contributed by atoms with Gasteiger partial charge < -0.3 is 10.1 Å². The first-order valence-corrected chi connectivity index (χ1v) is 8.31. The van der Waals surface area contributed by atoms with Gasteiger partial charge in [-0.1, -0.05) is 28.8 Å². The van der Waals surface area contributed by atoms with E-state index in [-0.39, 0.29) is 0 Å². The summed E-state index contributed by atoms with van der Waals surface area (Å²) in [5.74, 6) is 0.943. The van der Waals surface area contributed by atoms with Crippen molar-refractivity contribution >= 4 is 15.9 Å². The van der Waals surface area contributed by atoms with Crippen molar-refractivity contribution < 1.29 is 4.74 Å². The summed E-state index contributed by atoms with van der Waals surface area (Å²) in [7, 11) is 1.73. The van der Waals surface area contributed by atoms with Crippen molar-refractivity contribution in [2.24, 2.45) is 0 Å². The maximum absolute atomic E-state index is 5.36. The molecule has 1 aliphatic heterocycles. The summed E-state index contributed by atoms with van der Waals surface area (Å²) in [6, 6.07) is 6.27. The van der Waals surface area contributed by atoms with E-state index in [2.05, 4.69) is 38.3 Å². The number of piperazine rings is 1. The Labute approximate surface area is 129 Å². The molecule has 2 fully saturated rings. The molecule has 1 aromatic carbocycles. The SMILES string of the molecule is COc1ccc(Br)c(CN2CCNCC23CCCC3)c1. The third kappa shape index (κ3) is 2.74. The Morgan fingerprint density at radius 2 is 2.15 bits per heavy atom. The average molecular weight is 339 g/mol. The number of ether oxygens (including phenoxy) is 1. The van der Waals surface area contributed by atoms with Gasteiger partial charge in [-0.2, -0.15) is 0 Å². The minimum atomic E-state index is 0.390. The van der Waals surface area contributed by atoms with Crippen LogP contribution >= 0.6 is 15.9 Å². The summed E-state index contributed by atoms with van der Waals surface area (Å²) >= 11 is 3.69. The van der Waals surface area contributed by atoms with Gasteiger partial charge in [-0.15, -0.1) is 0 Å². The van der Waals surface area contributed by atoms with Crippen LogP contribution in [-0.2, 0) is 6.54 Å².